The molecule has 0 aromatic rings. The maximum atomic E-state index is 8.93. The Bertz CT molecular complexity index is 117. The van der Waals surface area contributed by atoms with Gasteiger partial charge in [-0.15, -0.1) is 0 Å². The summed E-state index contributed by atoms with van der Waals surface area (Å²) >= 11 is 0. The fourth-order valence-corrected chi connectivity index (χ4v) is 0.880. The van der Waals surface area contributed by atoms with Crippen LogP contribution in [0.25, 0.3) is 0 Å². The zero-order valence-electron chi connectivity index (χ0n) is 5.21. The summed E-state index contributed by atoms with van der Waals surface area (Å²) in [7, 11) is 0. The standard InChI is InChI=1S/C5H10O5/c6-1-2-3(7)4(8)5(9)10-2/h2-9H,1H2/t2?,3-,4?,5+/m0/s1. The van der Waals surface area contributed by atoms with Gasteiger partial charge in [-0.2, -0.15) is 0 Å². The highest BCUT2D eigenvalue weighted by molar-refractivity contribution is 4.84. The smallest absolute Gasteiger partial charge is 0.184 e. The fraction of sp³-hybridized carbons (Fsp3) is 1.00. The Kier molecular flexibility index (Phi) is 2.22. The molecule has 1 heterocycles. The van der Waals surface area contributed by atoms with Crippen LogP contribution >= 0.6 is 0 Å². The first kappa shape index (κ1) is 7.90. The highest BCUT2D eigenvalue weighted by Gasteiger charge is 2.41. The molecule has 0 saturated carbocycles. The zero-order chi connectivity index (χ0) is 7.72. The van der Waals surface area contributed by atoms with Gasteiger partial charge in [-0.1, -0.05) is 0 Å². The average Bonchev–Trinajstić information content (AvgIpc) is 2.17. The normalized spacial score (nSPS) is 48.0. The minimum atomic E-state index is -1.38. The molecule has 0 aromatic heterocycles. The molecule has 0 bridgehead atoms. The summed E-state index contributed by atoms with van der Waals surface area (Å²) in [6.07, 6.45) is -4.76. The van der Waals surface area contributed by atoms with E-state index in [1.807, 2.05) is 0 Å². The summed E-state index contributed by atoms with van der Waals surface area (Å²) in [6.45, 7) is -0.407. The quantitative estimate of drug-likeness (QED) is 0.329. The SMILES string of the molecule is OCC1O[C@@H](O)C(O)[C@H]1O. The fourth-order valence-electron chi connectivity index (χ4n) is 0.880. The number of rotatable bonds is 1. The van der Waals surface area contributed by atoms with E-state index in [0.29, 0.717) is 0 Å². The molecular formula is C5H10O5. The minimum absolute atomic E-state index is 0.407. The van der Waals surface area contributed by atoms with Gasteiger partial charge in [0.05, 0.1) is 6.61 Å². The van der Waals surface area contributed by atoms with E-state index in [1.54, 1.807) is 0 Å². The number of aliphatic hydroxyl groups is 4. The van der Waals surface area contributed by atoms with Gasteiger partial charge in [-0.3, -0.25) is 0 Å². The molecule has 0 aliphatic carbocycles. The van der Waals surface area contributed by atoms with Crippen LogP contribution in [0, 0.1) is 0 Å². The topological polar surface area (TPSA) is 90.2 Å². The molecule has 5 nitrogen and oxygen atoms in total. The third-order valence-electron chi connectivity index (χ3n) is 1.52. The number of hydrogen-bond acceptors (Lipinski definition) is 5. The number of aliphatic hydroxyl groups excluding tert-OH is 4. The first-order valence-electron chi connectivity index (χ1n) is 2.97. The van der Waals surface area contributed by atoms with Crippen molar-refractivity contribution in [3.63, 3.8) is 0 Å². The van der Waals surface area contributed by atoms with Crippen molar-refractivity contribution in [2.45, 2.75) is 24.6 Å². The van der Waals surface area contributed by atoms with Crippen molar-refractivity contribution in [2.75, 3.05) is 6.61 Å². The second kappa shape index (κ2) is 2.81. The molecule has 4 atom stereocenters. The minimum Gasteiger partial charge on any atom is -0.394 e. The largest absolute Gasteiger partial charge is 0.394 e. The van der Waals surface area contributed by atoms with Gasteiger partial charge < -0.3 is 25.2 Å². The molecule has 5 heteroatoms. The van der Waals surface area contributed by atoms with Crippen LogP contribution in [0.3, 0.4) is 0 Å². The molecular weight excluding hydrogens is 140 g/mol. The third kappa shape index (κ3) is 1.14. The summed E-state index contributed by atoms with van der Waals surface area (Å²) < 4.78 is 4.54. The van der Waals surface area contributed by atoms with Crippen molar-refractivity contribution in [3.8, 4) is 0 Å². The van der Waals surface area contributed by atoms with Crippen LogP contribution in [0.4, 0.5) is 0 Å². The van der Waals surface area contributed by atoms with Gasteiger partial charge in [0.15, 0.2) is 6.29 Å². The lowest BCUT2D eigenvalue weighted by Gasteiger charge is -2.09. The lowest BCUT2D eigenvalue weighted by Crippen LogP contribution is -2.33. The van der Waals surface area contributed by atoms with E-state index in [-0.39, 0.29) is 0 Å². The van der Waals surface area contributed by atoms with Crippen molar-refractivity contribution >= 4 is 0 Å². The molecule has 1 fully saturated rings. The Morgan fingerprint density at radius 3 is 1.90 bits per heavy atom. The van der Waals surface area contributed by atoms with Crippen molar-refractivity contribution in [1.82, 2.24) is 0 Å². The second-order valence-electron chi connectivity index (χ2n) is 2.23. The number of hydrogen-bond donors (Lipinski definition) is 4. The predicted octanol–water partition coefficient (Wildman–Crippen LogP) is -2.58. The Morgan fingerprint density at radius 1 is 1.10 bits per heavy atom. The van der Waals surface area contributed by atoms with Gasteiger partial charge in [-0.25, -0.2) is 0 Å². The molecule has 0 amide bonds. The van der Waals surface area contributed by atoms with E-state index in [1.165, 1.54) is 0 Å². The molecule has 4 N–H and O–H groups in total. The van der Waals surface area contributed by atoms with E-state index < -0.39 is 31.2 Å². The summed E-state index contributed by atoms with van der Waals surface area (Å²) in [5.41, 5.74) is 0. The van der Waals surface area contributed by atoms with E-state index in [4.69, 9.17) is 20.4 Å². The van der Waals surface area contributed by atoms with Crippen LogP contribution in [0.5, 0.6) is 0 Å². The van der Waals surface area contributed by atoms with Crippen LogP contribution in [-0.2, 0) is 4.74 Å². The van der Waals surface area contributed by atoms with Crippen molar-refractivity contribution < 1.29 is 25.2 Å². The number of ether oxygens (including phenoxy) is 1. The molecule has 1 saturated heterocycles. The van der Waals surface area contributed by atoms with Crippen LogP contribution < -0.4 is 0 Å². The van der Waals surface area contributed by atoms with Crippen molar-refractivity contribution in [2.24, 2.45) is 0 Å². The molecule has 0 aromatic carbocycles. The van der Waals surface area contributed by atoms with Crippen molar-refractivity contribution in [1.29, 1.82) is 0 Å². The van der Waals surface area contributed by atoms with Gasteiger partial charge in [0.25, 0.3) is 0 Å². The summed E-state index contributed by atoms with van der Waals surface area (Å²) in [5.74, 6) is 0. The average molecular weight is 150 g/mol. The molecule has 1 aliphatic rings. The first-order chi connectivity index (χ1) is 4.66. The summed E-state index contributed by atoms with van der Waals surface area (Å²) in [6, 6.07) is 0. The maximum Gasteiger partial charge on any atom is 0.184 e. The molecule has 10 heavy (non-hydrogen) atoms. The highest BCUT2D eigenvalue weighted by Crippen LogP contribution is 2.18. The van der Waals surface area contributed by atoms with Gasteiger partial charge >= 0.3 is 0 Å². The van der Waals surface area contributed by atoms with E-state index in [2.05, 4.69) is 4.74 Å². The Morgan fingerprint density at radius 2 is 1.70 bits per heavy atom. The monoisotopic (exact) mass is 150 g/mol. The van der Waals surface area contributed by atoms with Gasteiger partial charge in [0.2, 0.25) is 0 Å². The Balaban J connectivity index is 2.53. The van der Waals surface area contributed by atoms with E-state index in [0.717, 1.165) is 0 Å². The van der Waals surface area contributed by atoms with Crippen LogP contribution in [0.2, 0.25) is 0 Å². The van der Waals surface area contributed by atoms with Crippen molar-refractivity contribution in [3.05, 3.63) is 0 Å². The van der Waals surface area contributed by atoms with Crippen LogP contribution in [0.15, 0.2) is 0 Å². The molecule has 1 rings (SSSR count). The third-order valence-corrected chi connectivity index (χ3v) is 1.52. The maximum absolute atomic E-state index is 8.93. The summed E-state index contributed by atoms with van der Waals surface area (Å²) in [4.78, 5) is 0. The van der Waals surface area contributed by atoms with Crippen LogP contribution in [0.1, 0.15) is 0 Å². The van der Waals surface area contributed by atoms with Gasteiger partial charge in [-0.05, 0) is 0 Å². The summed E-state index contributed by atoms with van der Waals surface area (Å²) in [5, 5.41) is 35.0. The zero-order valence-corrected chi connectivity index (χ0v) is 5.21. The van der Waals surface area contributed by atoms with E-state index in [9.17, 15) is 0 Å². The molecule has 1 aliphatic heterocycles. The molecule has 2 unspecified atom stereocenters. The Labute approximate surface area is 57.5 Å². The van der Waals surface area contributed by atoms with Crippen LogP contribution in [-0.4, -0.2) is 51.6 Å². The second-order valence-corrected chi connectivity index (χ2v) is 2.23. The Hall–Kier alpha value is -0.200. The lowest BCUT2D eigenvalue weighted by atomic mass is 10.1. The van der Waals surface area contributed by atoms with E-state index >= 15 is 0 Å². The lowest BCUT2D eigenvalue weighted by molar-refractivity contribution is -0.132. The van der Waals surface area contributed by atoms with Gasteiger partial charge in [0.1, 0.15) is 18.3 Å². The molecule has 0 radical (unpaired) electrons. The van der Waals surface area contributed by atoms with Gasteiger partial charge in [0, 0.05) is 0 Å². The first-order valence-corrected chi connectivity index (χ1v) is 2.97. The predicted molar refractivity (Wildman–Crippen MR) is 30.0 cm³/mol. The molecule has 60 valence electrons. The highest BCUT2D eigenvalue weighted by atomic mass is 16.6. The molecule has 0 spiro atoms.